The van der Waals surface area contributed by atoms with Gasteiger partial charge in [0, 0.05) is 18.2 Å². The molecule has 0 saturated heterocycles. The van der Waals surface area contributed by atoms with Crippen LogP contribution in [0.3, 0.4) is 0 Å². The second kappa shape index (κ2) is 12.2. The Morgan fingerprint density at radius 1 is 0.605 bits per heavy atom. The molecule has 0 amide bonds. The van der Waals surface area contributed by atoms with Crippen molar-refractivity contribution >= 4 is 0 Å². The minimum absolute atomic E-state index is 0.193. The van der Waals surface area contributed by atoms with Crippen molar-refractivity contribution < 1.29 is 0 Å². The Kier molecular flexibility index (Phi) is 8.35. The maximum Gasteiger partial charge on any atom is 0.298 e. The van der Waals surface area contributed by atoms with Gasteiger partial charge in [-0.2, -0.15) is 0 Å². The van der Waals surface area contributed by atoms with Gasteiger partial charge in [-0.15, -0.1) is 20.4 Å². The quantitative estimate of drug-likeness (QED) is 0.359. The zero-order chi connectivity index (χ0) is 26.9. The van der Waals surface area contributed by atoms with E-state index in [-0.39, 0.29) is 11.1 Å². The average molecular weight is 509 g/mol. The first-order chi connectivity index (χ1) is 18.5. The first kappa shape index (κ1) is 26.0. The summed E-state index contributed by atoms with van der Waals surface area (Å²) in [7, 11) is 1.67. The van der Waals surface area contributed by atoms with E-state index in [1.807, 2.05) is 91.0 Å². The van der Waals surface area contributed by atoms with Gasteiger partial charge in [0.2, 0.25) is 0 Å². The molecule has 5 rings (SSSR count). The van der Waals surface area contributed by atoms with E-state index in [1.165, 1.54) is 9.35 Å². The summed E-state index contributed by atoms with van der Waals surface area (Å²) in [6, 6.07) is 28.5. The molecule has 2 heterocycles. The van der Waals surface area contributed by atoms with E-state index in [2.05, 4.69) is 31.2 Å². The van der Waals surface area contributed by atoms with E-state index in [0.29, 0.717) is 29.6 Å². The second-order valence-electron chi connectivity index (χ2n) is 8.25. The summed E-state index contributed by atoms with van der Waals surface area (Å²) in [6.45, 7) is 4.02. The molecule has 2 aromatic heterocycles. The zero-order valence-corrected chi connectivity index (χ0v) is 21.4. The first-order valence-corrected chi connectivity index (χ1v) is 12.0. The standard InChI is InChI=1S/C17H16N4O.C11H12N4O/c1-13-19-20-16(15-10-6-3-7-11-15)17(22)21(13)18-12-14-8-4-2-5-9-14;1-8-13-14-10(11(16)15(8)12-2)9-6-4-3-5-7-9/h2-11,18H,12H2,1H3;3-7,12H,1-2H3. The van der Waals surface area contributed by atoms with Gasteiger partial charge in [0.25, 0.3) is 11.1 Å². The molecule has 0 atom stereocenters. The fraction of sp³-hybridized carbons (Fsp3) is 0.143. The van der Waals surface area contributed by atoms with Gasteiger partial charge in [0.05, 0.1) is 6.54 Å². The van der Waals surface area contributed by atoms with E-state index in [9.17, 15) is 9.59 Å². The van der Waals surface area contributed by atoms with Crippen LogP contribution in [0.2, 0.25) is 0 Å². The van der Waals surface area contributed by atoms with Crippen LogP contribution in [0, 0.1) is 13.8 Å². The predicted molar refractivity (Wildman–Crippen MR) is 148 cm³/mol. The fourth-order valence-electron chi connectivity index (χ4n) is 3.70. The van der Waals surface area contributed by atoms with E-state index in [1.54, 1.807) is 20.9 Å². The number of aryl methyl sites for hydroxylation is 2. The van der Waals surface area contributed by atoms with E-state index in [4.69, 9.17) is 0 Å². The molecule has 0 unspecified atom stereocenters. The van der Waals surface area contributed by atoms with Crippen molar-refractivity contribution in [1.29, 1.82) is 0 Å². The van der Waals surface area contributed by atoms with Crippen molar-refractivity contribution in [3.05, 3.63) is 129 Å². The zero-order valence-electron chi connectivity index (χ0n) is 21.4. The third kappa shape index (κ3) is 5.98. The lowest BCUT2D eigenvalue weighted by Gasteiger charge is -2.12. The maximum absolute atomic E-state index is 12.6. The fourth-order valence-corrected chi connectivity index (χ4v) is 3.70. The van der Waals surface area contributed by atoms with Crippen LogP contribution in [0.4, 0.5) is 0 Å². The van der Waals surface area contributed by atoms with Crippen molar-refractivity contribution in [2.24, 2.45) is 0 Å². The molecule has 5 aromatic rings. The molecule has 10 nitrogen and oxygen atoms in total. The number of hydrogen-bond acceptors (Lipinski definition) is 8. The summed E-state index contributed by atoms with van der Waals surface area (Å²) in [4.78, 5) is 24.6. The van der Waals surface area contributed by atoms with E-state index < -0.39 is 0 Å². The van der Waals surface area contributed by atoms with Crippen LogP contribution < -0.4 is 22.0 Å². The van der Waals surface area contributed by atoms with Gasteiger partial charge in [-0.05, 0) is 19.4 Å². The normalized spacial score (nSPS) is 10.3. The van der Waals surface area contributed by atoms with Crippen LogP contribution in [0.1, 0.15) is 17.2 Å². The van der Waals surface area contributed by atoms with Crippen LogP contribution in [-0.2, 0) is 6.54 Å². The van der Waals surface area contributed by atoms with Crippen LogP contribution in [0.15, 0.2) is 101 Å². The summed E-state index contributed by atoms with van der Waals surface area (Å²) in [5.41, 5.74) is 8.80. The van der Waals surface area contributed by atoms with Crippen LogP contribution in [-0.4, -0.2) is 36.8 Å². The summed E-state index contributed by atoms with van der Waals surface area (Å²) in [5.74, 6) is 1.06. The molecule has 0 aliphatic heterocycles. The summed E-state index contributed by atoms with van der Waals surface area (Å²) in [5, 5.41) is 16.0. The minimum atomic E-state index is -0.199. The van der Waals surface area contributed by atoms with Gasteiger partial charge in [0.15, 0.2) is 23.0 Å². The molecule has 0 spiro atoms. The number of nitrogens with one attached hydrogen (secondary N) is 2. The summed E-state index contributed by atoms with van der Waals surface area (Å²) in [6.07, 6.45) is 0. The monoisotopic (exact) mass is 508 g/mol. The molecule has 0 fully saturated rings. The number of benzene rings is 3. The highest BCUT2D eigenvalue weighted by atomic mass is 16.1. The maximum atomic E-state index is 12.6. The van der Waals surface area contributed by atoms with Crippen molar-refractivity contribution in [2.75, 3.05) is 17.9 Å². The second-order valence-corrected chi connectivity index (χ2v) is 8.25. The predicted octanol–water partition coefficient (Wildman–Crippen LogP) is 3.14. The smallest absolute Gasteiger partial charge is 0.298 e. The number of hydrogen-bond donors (Lipinski definition) is 2. The third-order valence-corrected chi connectivity index (χ3v) is 5.65. The van der Waals surface area contributed by atoms with Gasteiger partial charge in [-0.3, -0.25) is 9.59 Å². The molecular formula is C28H28N8O2. The first-order valence-electron chi connectivity index (χ1n) is 12.0. The van der Waals surface area contributed by atoms with Gasteiger partial charge in [-0.25, -0.2) is 9.35 Å². The van der Waals surface area contributed by atoms with Crippen molar-refractivity contribution in [1.82, 2.24) is 29.7 Å². The minimum Gasteiger partial charge on any atom is -0.324 e. The van der Waals surface area contributed by atoms with Gasteiger partial charge < -0.3 is 10.9 Å². The SMILES string of the molecule is CNn1c(C)nnc(-c2ccccc2)c1=O.Cc1nnc(-c2ccccc2)c(=O)n1NCc1ccccc1. The molecule has 2 N–H and O–H groups in total. The lowest BCUT2D eigenvalue weighted by molar-refractivity contribution is 0.709. The molecule has 10 heteroatoms. The average Bonchev–Trinajstić information content (AvgIpc) is 2.95. The molecular weight excluding hydrogens is 480 g/mol. The van der Waals surface area contributed by atoms with Crippen molar-refractivity contribution in [3.8, 4) is 22.5 Å². The number of aromatic nitrogens is 6. The molecule has 38 heavy (non-hydrogen) atoms. The number of rotatable bonds is 6. The molecule has 192 valence electrons. The lowest BCUT2D eigenvalue weighted by Crippen LogP contribution is -2.33. The van der Waals surface area contributed by atoms with Crippen LogP contribution in [0.25, 0.3) is 22.5 Å². The van der Waals surface area contributed by atoms with Crippen molar-refractivity contribution in [3.63, 3.8) is 0 Å². The molecule has 0 saturated carbocycles. The van der Waals surface area contributed by atoms with Crippen LogP contribution in [0.5, 0.6) is 0 Å². The molecule has 0 aliphatic rings. The Hall–Kier alpha value is -5.12. The molecule has 0 bridgehead atoms. The van der Waals surface area contributed by atoms with Gasteiger partial charge >= 0.3 is 0 Å². The Labute approximate surface area is 219 Å². The Bertz CT molecular complexity index is 1600. The van der Waals surface area contributed by atoms with Crippen molar-refractivity contribution in [2.45, 2.75) is 20.4 Å². The topological polar surface area (TPSA) is 120 Å². The highest BCUT2D eigenvalue weighted by molar-refractivity contribution is 5.57. The largest absolute Gasteiger partial charge is 0.324 e. The summed E-state index contributed by atoms with van der Waals surface area (Å²) >= 11 is 0. The molecule has 0 radical (unpaired) electrons. The van der Waals surface area contributed by atoms with Gasteiger partial charge in [-0.1, -0.05) is 91.0 Å². The van der Waals surface area contributed by atoms with E-state index in [0.717, 1.165) is 16.7 Å². The molecule has 3 aromatic carbocycles. The summed E-state index contributed by atoms with van der Waals surface area (Å²) < 4.78 is 2.82. The van der Waals surface area contributed by atoms with Gasteiger partial charge in [0.1, 0.15) is 0 Å². The molecule has 0 aliphatic carbocycles. The highest BCUT2D eigenvalue weighted by Crippen LogP contribution is 2.12. The Morgan fingerprint density at radius 2 is 1.03 bits per heavy atom. The third-order valence-electron chi connectivity index (χ3n) is 5.65. The Morgan fingerprint density at radius 3 is 1.50 bits per heavy atom. The van der Waals surface area contributed by atoms with E-state index >= 15 is 0 Å². The number of nitrogens with zero attached hydrogens (tertiary/aromatic N) is 6. The highest BCUT2D eigenvalue weighted by Gasteiger charge is 2.11. The Balaban J connectivity index is 0.000000186. The van der Waals surface area contributed by atoms with Crippen LogP contribution >= 0.6 is 0 Å². The lowest BCUT2D eigenvalue weighted by atomic mass is 10.2.